The van der Waals surface area contributed by atoms with Crippen molar-refractivity contribution in [3.63, 3.8) is 0 Å². The summed E-state index contributed by atoms with van der Waals surface area (Å²) in [5.41, 5.74) is -0.382. The monoisotopic (exact) mass is 542 g/mol. The van der Waals surface area contributed by atoms with Crippen LogP contribution in [-0.4, -0.2) is 31.8 Å². The van der Waals surface area contributed by atoms with Gasteiger partial charge in [0, 0.05) is 28.1 Å². The topological polar surface area (TPSA) is 137 Å². The molecule has 0 saturated heterocycles. The summed E-state index contributed by atoms with van der Waals surface area (Å²) >= 11 is 5.91. The van der Waals surface area contributed by atoms with Gasteiger partial charge in [0.15, 0.2) is 0 Å². The Labute approximate surface area is 216 Å². The summed E-state index contributed by atoms with van der Waals surface area (Å²) in [6, 6.07) is 14.0. The number of anilines is 1. The van der Waals surface area contributed by atoms with Crippen LogP contribution in [0.4, 0.5) is 11.4 Å². The largest absolute Gasteiger partial charge is 0.462 e. The molecule has 4 aromatic rings. The maximum atomic E-state index is 13.8. The maximum absolute atomic E-state index is 13.8. The molecule has 190 valence electrons. The molecule has 37 heavy (non-hydrogen) atoms. The molecular weight excluding hydrogens is 524 g/mol. The fraction of sp³-hybridized carbons (Fsp3) is 0.120. The van der Waals surface area contributed by atoms with Crippen LogP contribution < -0.4 is 4.31 Å². The fourth-order valence-corrected chi connectivity index (χ4v) is 5.27. The average Bonchev–Trinajstić information content (AvgIpc) is 3.19. The number of carbonyl (C=O) groups excluding carboxylic acids is 2. The molecule has 0 atom stereocenters. The number of esters is 1. The van der Waals surface area contributed by atoms with Crippen molar-refractivity contribution in [2.75, 3.05) is 10.9 Å². The number of furan rings is 1. The molecule has 12 heteroatoms. The van der Waals surface area contributed by atoms with Crippen molar-refractivity contribution in [2.45, 2.75) is 18.7 Å². The second-order valence-electron chi connectivity index (χ2n) is 7.77. The maximum Gasteiger partial charge on any atom is 0.342 e. The molecular formula is C25H19ClN2O8S. The minimum atomic E-state index is -4.55. The Morgan fingerprint density at radius 3 is 2.43 bits per heavy atom. The molecule has 1 aromatic heterocycles. The highest BCUT2D eigenvalue weighted by molar-refractivity contribution is 7.93. The van der Waals surface area contributed by atoms with E-state index in [1.165, 1.54) is 60.7 Å². The number of amides is 1. The highest BCUT2D eigenvalue weighted by atomic mass is 35.5. The SMILES string of the molecule is CCOC(=O)c1c(C)oc2ccc(N(C(=O)c3cccc([N+](=O)[O-])c3)S(=O)(=O)c3ccc(Cl)cc3)cc12. The van der Waals surface area contributed by atoms with E-state index in [4.69, 9.17) is 20.8 Å². The summed E-state index contributed by atoms with van der Waals surface area (Å²) in [5.74, 6) is -1.47. The Morgan fingerprint density at radius 1 is 1.08 bits per heavy atom. The number of aryl methyl sites for hydroxylation is 1. The molecule has 0 N–H and O–H groups in total. The minimum absolute atomic E-state index is 0.0883. The van der Waals surface area contributed by atoms with Crippen molar-refractivity contribution in [1.29, 1.82) is 0 Å². The average molecular weight is 543 g/mol. The molecule has 0 aliphatic rings. The van der Waals surface area contributed by atoms with Gasteiger partial charge in [-0.05, 0) is 62.4 Å². The number of carbonyl (C=O) groups is 2. The minimum Gasteiger partial charge on any atom is -0.462 e. The van der Waals surface area contributed by atoms with Crippen LogP contribution in [0.25, 0.3) is 11.0 Å². The van der Waals surface area contributed by atoms with Gasteiger partial charge in [-0.2, -0.15) is 4.31 Å². The molecule has 0 radical (unpaired) electrons. The molecule has 0 aliphatic heterocycles. The van der Waals surface area contributed by atoms with Gasteiger partial charge in [-0.3, -0.25) is 14.9 Å². The van der Waals surface area contributed by atoms with Crippen molar-refractivity contribution in [2.24, 2.45) is 0 Å². The third kappa shape index (κ3) is 4.91. The van der Waals surface area contributed by atoms with E-state index in [2.05, 4.69) is 0 Å². The van der Waals surface area contributed by atoms with E-state index in [0.29, 0.717) is 4.31 Å². The number of ether oxygens (including phenoxy) is 1. The predicted molar refractivity (Wildman–Crippen MR) is 135 cm³/mol. The molecule has 0 aliphatic carbocycles. The Morgan fingerprint density at radius 2 is 1.78 bits per heavy atom. The molecule has 0 spiro atoms. The molecule has 0 unspecified atom stereocenters. The lowest BCUT2D eigenvalue weighted by Crippen LogP contribution is -2.37. The molecule has 1 heterocycles. The van der Waals surface area contributed by atoms with Gasteiger partial charge in [-0.1, -0.05) is 17.7 Å². The number of hydrogen-bond acceptors (Lipinski definition) is 8. The first kappa shape index (κ1) is 25.9. The fourth-order valence-electron chi connectivity index (χ4n) is 3.74. The van der Waals surface area contributed by atoms with Crippen LogP contribution in [0.15, 0.2) is 76.0 Å². The van der Waals surface area contributed by atoms with Crippen LogP contribution in [0.2, 0.25) is 5.02 Å². The van der Waals surface area contributed by atoms with Gasteiger partial charge in [0.1, 0.15) is 16.9 Å². The predicted octanol–water partition coefficient (Wildman–Crippen LogP) is 5.52. The Balaban J connectivity index is 1.95. The van der Waals surface area contributed by atoms with E-state index < -0.39 is 26.8 Å². The van der Waals surface area contributed by atoms with Crippen LogP contribution in [0.3, 0.4) is 0 Å². The van der Waals surface area contributed by atoms with Crippen LogP contribution in [0.5, 0.6) is 0 Å². The summed E-state index contributed by atoms with van der Waals surface area (Å²) in [4.78, 5) is 36.5. The van der Waals surface area contributed by atoms with E-state index in [1.807, 2.05) is 0 Å². The number of halogens is 1. The van der Waals surface area contributed by atoms with Crippen molar-refractivity contribution in [3.05, 3.63) is 98.8 Å². The Hall–Kier alpha value is -4.22. The summed E-state index contributed by atoms with van der Waals surface area (Å²) < 4.78 is 38.8. The first-order valence-electron chi connectivity index (χ1n) is 10.8. The van der Waals surface area contributed by atoms with Gasteiger partial charge < -0.3 is 9.15 Å². The number of nitro benzene ring substituents is 1. The van der Waals surface area contributed by atoms with Crippen molar-refractivity contribution >= 4 is 55.8 Å². The number of fused-ring (bicyclic) bond motifs is 1. The third-order valence-corrected chi connectivity index (χ3v) is 7.38. The summed E-state index contributed by atoms with van der Waals surface area (Å²) in [6.45, 7) is 3.30. The molecule has 3 aromatic carbocycles. The number of nitrogens with zero attached hydrogens (tertiary/aromatic N) is 2. The third-order valence-electron chi connectivity index (χ3n) is 5.40. The summed E-state index contributed by atoms with van der Waals surface area (Å²) in [6.07, 6.45) is 0. The van der Waals surface area contributed by atoms with Crippen LogP contribution >= 0.6 is 11.6 Å². The zero-order valence-corrected chi connectivity index (χ0v) is 21.1. The molecule has 0 saturated carbocycles. The highest BCUT2D eigenvalue weighted by Crippen LogP contribution is 2.34. The number of hydrogen-bond donors (Lipinski definition) is 0. The normalized spacial score (nSPS) is 11.3. The second-order valence-corrected chi connectivity index (χ2v) is 9.99. The standard InChI is InChI=1S/C25H19ClN2O8S/c1-3-35-25(30)23-15(2)36-22-12-9-18(14-21(22)23)27(37(33,34)20-10-7-17(26)8-11-20)24(29)16-5-4-6-19(13-16)28(31)32/h4-14H,3H2,1-2H3. The molecule has 0 fully saturated rings. The van der Waals surface area contributed by atoms with E-state index >= 15 is 0 Å². The molecule has 1 amide bonds. The van der Waals surface area contributed by atoms with Gasteiger partial charge in [-0.25, -0.2) is 13.2 Å². The van der Waals surface area contributed by atoms with Gasteiger partial charge in [0.2, 0.25) is 0 Å². The van der Waals surface area contributed by atoms with Crippen LogP contribution in [-0.2, 0) is 14.8 Å². The van der Waals surface area contributed by atoms with Gasteiger partial charge in [-0.15, -0.1) is 0 Å². The van der Waals surface area contributed by atoms with Gasteiger partial charge >= 0.3 is 5.97 Å². The number of non-ortho nitro benzene ring substituents is 1. The summed E-state index contributed by atoms with van der Waals surface area (Å²) in [7, 11) is -4.55. The number of nitro groups is 1. The van der Waals surface area contributed by atoms with Crippen molar-refractivity contribution in [3.8, 4) is 0 Å². The van der Waals surface area contributed by atoms with E-state index in [-0.39, 0.29) is 55.8 Å². The lowest BCUT2D eigenvalue weighted by molar-refractivity contribution is -0.384. The van der Waals surface area contributed by atoms with E-state index in [1.54, 1.807) is 13.8 Å². The van der Waals surface area contributed by atoms with Crippen molar-refractivity contribution < 1.29 is 32.1 Å². The van der Waals surface area contributed by atoms with Gasteiger partial charge in [0.05, 0.1) is 22.1 Å². The number of rotatable bonds is 7. The smallest absolute Gasteiger partial charge is 0.342 e. The number of sulfonamides is 1. The zero-order valence-electron chi connectivity index (χ0n) is 19.5. The molecule has 10 nitrogen and oxygen atoms in total. The second kappa shape index (κ2) is 10.0. The van der Waals surface area contributed by atoms with Crippen molar-refractivity contribution in [1.82, 2.24) is 0 Å². The zero-order chi connectivity index (χ0) is 26.9. The lowest BCUT2D eigenvalue weighted by Gasteiger charge is -2.23. The van der Waals surface area contributed by atoms with E-state index in [0.717, 1.165) is 6.07 Å². The van der Waals surface area contributed by atoms with E-state index in [9.17, 15) is 28.1 Å². The lowest BCUT2D eigenvalue weighted by atomic mass is 10.1. The first-order valence-corrected chi connectivity index (χ1v) is 12.7. The van der Waals surface area contributed by atoms with Crippen LogP contribution in [0.1, 0.15) is 33.4 Å². The van der Waals surface area contributed by atoms with Crippen LogP contribution in [0, 0.1) is 17.0 Å². The Kier molecular flexibility index (Phi) is 7.01. The Bertz CT molecular complexity index is 1650. The number of benzene rings is 3. The quantitative estimate of drug-likeness (QED) is 0.169. The summed E-state index contributed by atoms with van der Waals surface area (Å²) in [5, 5.41) is 11.8. The molecule has 4 rings (SSSR count). The highest BCUT2D eigenvalue weighted by Gasteiger charge is 2.33. The first-order chi connectivity index (χ1) is 17.5. The van der Waals surface area contributed by atoms with Gasteiger partial charge in [0.25, 0.3) is 21.6 Å². The molecule has 0 bridgehead atoms.